The third kappa shape index (κ3) is 6.81. The molecule has 0 saturated carbocycles. The fraction of sp³-hybridized carbons (Fsp3) is 0.162. The van der Waals surface area contributed by atoms with E-state index in [9.17, 15) is 19.5 Å². The van der Waals surface area contributed by atoms with Gasteiger partial charge in [0.05, 0.1) is 12.1 Å². The summed E-state index contributed by atoms with van der Waals surface area (Å²) in [4.78, 5) is 42.7. The van der Waals surface area contributed by atoms with Gasteiger partial charge in [-0.25, -0.2) is 0 Å². The average molecular weight is 571 g/mol. The molecule has 43 heavy (non-hydrogen) atoms. The summed E-state index contributed by atoms with van der Waals surface area (Å²) in [5.41, 5.74) is 4.13. The minimum absolute atomic E-state index is 0.0989. The summed E-state index contributed by atoms with van der Waals surface area (Å²) in [7, 11) is 1.76. The predicted octanol–water partition coefficient (Wildman–Crippen LogP) is 7.33. The van der Waals surface area contributed by atoms with E-state index in [1.807, 2.05) is 103 Å². The molecule has 0 saturated heterocycles. The quantitative estimate of drug-likeness (QED) is 0.180. The number of carboxylic acids is 1. The first-order chi connectivity index (χ1) is 20.9. The number of hydrogen-bond acceptors (Lipinski definition) is 3. The van der Waals surface area contributed by atoms with Crippen LogP contribution < -0.4 is 4.90 Å². The Labute approximate surface area is 251 Å². The molecule has 2 amide bonds. The number of benzene rings is 5. The number of fused-ring (bicyclic) bond motifs is 1. The predicted molar refractivity (Wildman–Crippen MR) is 171 cm³/mol. The van der Waals surface area contributed by atoms with Gasteiger partial charge in [0.25, 0.3) is 11.8 Å². The molecule has 0 aromatic heterocycles. The second kappa shape index (κ2) is 13.6. The molecule has 0 unspecified atom stereocenters. The van der Waals surface area contributed by atoms with Crippen LogP contribution in [0.25, 0.3) is 21.9 Å². The Balaban J connectivity index is 1.46. The third-order valence-corrected chi connectivity index (χ3v) is 7.66. The molecule has 6 nitrogen and oxygen atoms in total. The zero-order valence-electron chi connectivity index (χ0n) is 24.1. The van der Waals surface area contributed by atoms with E-state index >= 15 is 0 Å². The highest BCUT2D eigenvalue weighted by atomic mass is 16.4. The second-order valence-electron chi connectivity index (χ2n) is 10.5. The molecule has 0 aliphatic rings. The molecule has 0 bridgehead atoms. The average Bonchev–Trinajstić information content (AvgIpc) is 3.05. The lowest BCUT2D eigenvalue weighted by Crippen LogP contribution is -2.34. The van der Waals surface area contributed by atoms with Crippen LogP contribution in [0.15, 0.2) is 121 Å². The normalized spacial score (nSPS) is 10.8. The van der Waals surface area contributed by atoms with Crippen LogP contribution in [0.5, 0.6) is 0 Å². The summed E-state index contributed by atoms with van der Waals surface area (Å²) in [5, 5.41) is 11.4. The van der Waals surface area contributed by atoms with Crippen LogP contribution in [-0.4, -0.2) is 47.9 Å². The molecule has 0 heterocycles. The van der Waals surface area contributed by atoms with E-state index < -0.39 is 5.97 Å². The molecule has 5 aromatic rings. The third-order valence-electron chi connectivity index (χ3n) is 7.66. The van der Waals surface area contributed by atoms with E-state index in [1.165, 1.54) is 0 Å². The van der Waals surface area contributed by atoms with E-state index in [2.05, 4.69) is 0 Å². The summed E-state index contributed by atoms with van der Waals surface area (Å²) < 4.78 is 0. The molecular weight excluding hydrogens is 536 g/mol. The van der Waals surface area contributed by atoms with Crippen LogP contribution in [0.2, 0.25) is 0 Å². The zero-order chi connectivity index (χ0) is 30.2. The van der Waals surface area contributed by atoms with Crippen LogP contribution in [0.3, 0.4) is 0 Å². The SMILES string of the molecule is CN(C(=O)c1ccccc1-c1ccccc1C(=O)N(CCCc1ccccc1)CCC(=O)O)c1cccc2ccccc12. The monoisotopic (exact) mass is 570 g/mol. The van der Waals surface area contributed by atoms with Crippen molar-refractivity contribution in [2.45, 2.75) is 19.3 Å². The first-order valence-electron chi connectivity index (χ1n) is 14.4. The maximum Gasteiger partial charge on any atom is 0.305 e. The Morgan fingerprint density at radius 2 is 1.21 bits per heavy atom. The van der Waals surface area contributed by atoms with Crippen LogP contribution in [-0.2, 0) is 11.2 Å². The zero-order valence-corrected chi connectivity index (χ0v) is 24.1. The van der Waals surface area contributed by atoms with Gasteiger partial charge in [0.2, 0.25) is 0 Å². The fourth-order valence-electron chi connectivity index (χ4n) is 5.43. The second-order valence-corrected chi connectivity index (χ2v) is 10.5. The number of hydrogen-bond donors (Lipinski definition) is 1. The smallest absolute Gasteiger partial charge is 0.305 e. The number of carbonyl (C=O) groups excluding carboxylic acids is 2. The molecule has 5 aromatic carbocycles. The Morgan fingerprint density at radius 3 is 1.91 bits per heavy atom. The van der Waals surface area contributed by atoms with Gasteiger partial charge in [-0.1, -0.05) is 103 Å². The maximum atomic E-state index is 14.0. The van der Waals surface area contributed by atoms with Gasteiger partial charge in [0.1, 0.15) is 0 Å². The minimum Gasteiger partial charge on any atom is -0.481 e. The van der Waals surface area contributed by atoms with Gasteiger partial charge in [0.15, 0.2) is 0 Å². The van der Waals surface area contributed by atoms with Crippen LogP contribution in [0.4, 0.5) is 5.69 Å². The highest BCUT2D eigenvalue weighted by Gasteiger charge is 2.24. The van der Waals surface area contributed by atoms with Crippen molar-refractivity contribution in [1.29, 1.82) is 0 Å². The van der Waals surface area contributed by atoms with Gasteiger partial charge in [0, 0.05) is 36.7 Å². The molecule has 0 aliphatic carbocycles. The highest BCUT2D eigenvalue weighted by Crippen LogP contribution is 2.32. The number of amides is 2. The number of carboxylic acid groups (broad SMARTS) is 1. The number of aryl methyl sites for hydroxylation is 1. The van der Waals surface area contributed by atoms with Gasteiger partial charge in [-0.05, 0) is 53.1 Å². The van der Waals surface area contributed by atoms with Crippen molar-refractivity contribution in [1.82, 2.24) is 4.90 Å². The first kappa shape index (κ1) is 29.3. The summed E-state index contributed by atoms with van der Waals surface area (Å²) in [6.45, 7) is 0.515. The van der Waals surface area contributed by atoms with Crippen molar-refractivity contribution in [2.24, 2.45) is 0 Å². The number of carbonyl (C=O) groups is 3. The van der Waals surface area contributed by atoms with E-state index in [0.717, 1.165) is 28.4 Å². The lowest BCUT2D eigenvalue weighted by Gasteiger charge is -2.25. The molecule has 5 rings (SSSR count). The Hall–Kier alpha value is -5.23. The minimum atomic E-state index is -0.957. The van der Waals surface area contributed by atoms with Crippen molar-refractivity contribution in [3.05, 3.63) is 138 Å². The molecule has 216 valence electrons. The van der Waals surface area contributed by atoms with Crippen molar-refractivity contribution in [3.63, 3.8) is 0 Å². The molecular formula is C37H34N2O4. The Kier molecular flexibility index (Phi) is 9.27. The molecule has 1 N–H and O–H groups in total. The van der Waals surface area contributed by atoms with Gasteiger partial charge in [-0.2, -0.15) is 0 Å². The Morgan fingerprint density at radius 1 is 0.628 bits per heavy atom. The van der Waals surface area contributed by atoms with E-state index in [1.54, 1.807) is 35.0 Å². The van der Waals surface area contributed by atoms with Crippen molar-refractivity contribution < 1.29 is 19.5 Å². The topological polar surface area (TPSA) is 77.9 Å². The van der Waals surface area contributed by atoms with Crippen molar-refractivity contribution >= 4 is 34.2 Å². The summed E-state index contributed by atoms with van der Waals surface area (Å²) >= 11 is 0. The lowest BCUT2D eigenvalue weighted by atomic mass is 9.93. The van der Waals surface area contributed by atoms with Gasteiger partial charge in [-0.15, -0.1) is 0 Å². The number of nitrogens with zero attached hydrogens (tertiary/aromatic N) is 2. The number of aliphatic carboxylic acids is 1. The fourth-order valence-corrected chi connectivity index (χ4v) is 5.43. The van der Waals surface area contributed by atoms with Crippen LogP contribution in [0.1, 0.15) is 39.1 Å². The van der Waals surface area contributed by atoms with E-state index in [-0.39, 0.29) is 24.8 Å². The van der Waals surface area contributed by atoms with Crippen molar-refractivity contribution in [3.8, 4) is 11.1 Å². The van der Waals surface area contributed by atoms with E-state index in [0.29, 0.717) is 35.2 Å². The first-order valence-corrected chi connectivity index (χ1v) is 14.4. The molecule has 0 fully saturated rings. The van der Waals surface area contributed by atoms with E-state index in [4.69, 9.17) is 0 Å². The number of anilines is 1. The largest absolute Gasteiger partial charge is 0.481 e. The van der Waals surface area contributed by atoms with Crippen molar-refractivity contribution in [2.75, 3.05) is 25.0 Å². The summed E-state index contributed by atoms with van der Waals surface area (Å²) in [6, 6.07) is 38.4. The Bertz CT molecular complexity index is 1740. The summed E-state index contributed by atoms with van der Waals surface area (Å²) in [6.07, 6.45) is 1.32. The maximum absolute atomic E-state index is 14.0. The van der Waals surface area contributed by atoms with Crippen LogP contribution in [0, 0.1) is 0 Å². The van der Waals surface area contributed by atoms with Crippen LogP contribution >= 0.6 is 0 Å². The standard InChI is InChI=1S/C37H34N2O4/c1-38(34-23-11-17-28-16-5-6-18-29(28)34)36(42)32-21-9-7-19-30(32)31-20-8-10-22-33(31)37(43)39(26-24-35(40)41)25-12-15-27-13-3-2-4-14-27/h2-11,13-14,16-23H,12,15,24-26H2,1H3,(H,40,41). The molecule has 0 atom stereocenters. The van der Waals surface area contributed by atoms with Gasteiger partial charge >= 0.3 is 5.97 Å². The lowest BCUT2D eigenvalue weighted by molar-refractivity contribution is -0.137. The molecule has 6 heteroatoms. The molecule has 0 aliphatic heterocycles. The van der Waals surface area contributed by atoms with Gasteiger partial charge < -0.3 is 14.9 Å². The molecule has 0 spiro atoms. The number of rotatable bonds is 11. The molecule has 0 radical (unpaired) electrons. The summed E-state index contributed by atoms with van der Waals surface area (Å²) in [5.74, 6) is -1.41. The highest BCUT2D eigenvalue weighted by molar-refractivity contribution is 6.14. The van der Waals surface area contributed by atoms with Gasteiger partial charge in [-0.3, -0.25) is 14.4 Å².